The molecule has 1 heterocycles. The first kappa shape index (κ1) is 12.9. The Morgan fingerprint density at radius 3 is 2.72 bits per heavy atom. The van der Waals surface area contributed by atoms with Crippen molar-refractivity contribution in [3.05, 3.63) is 29.6 Å². The third-order valence-electron chi connectivity index (χ3n) is 3.26. The molecular weight excluding hydrogens is 231 g/mol. The minimum Gasteiger partial charge on any atom is -0.374 e. The third kappa shape index (κ3) is 3.22. The van der Waals surface area contributed by atoms with Gasteiger partial charge in [0.2, 0.25) is 5.91 Å². The van der Waals surface area contributed by atoms with Crippen LogP contribution in [0.2, 0.25) is 0 Å². The number of halogens is 1. The van der Waals surface area contributed by atoms with E-state index in [4.69, 9.17) is 0 Å². The molecule has 0 atom stereocenters. The Kier molecular flexibility index (Phi) is 4.18. The fraction of sp³-hybridized carbons (Fsp3) is 0.500. The summed E-state index contributed by atoms with van der Waals surface area (Å²) < 4.78 is 13.6. The van der Waals surface area contributed by atoms with Crippen molar-refractivity contribution in [3.63, 3.8) is 0 Å². The molecule has 0 spiro atoms. The summed E-state index contributed by atoms with van der Waals surface area (Å²) in [5.41, 5.74) is 1.27. The maximum Gasteiger partial charge on any atom is 0.241 e. The second-order valence-electron chi connectivity index (χ2n) is 4.78. The Hall–Kier alpha value is -1.58. The van der Waals surface area contributed by atoms with Crippen LogP contribution in [0.3, 0.4) is 0 Å². The van der Waals surface area contributed by atoms with Crippen molar-refractivity contribution in [2.24, 2.45) is 0 Å². The molecule has 0 aliphatic carbocycles. The van der Waals surface area contributed by atoms with Crippen LogP contribution in [0.1, 0.15) is 24.8 Å². The number of aryl methyl sites for hydroxylation is 1. The van der Waals surface area contributed by atoms with E-state index < -0.39 is 0 Å². The van der Waals surface area contributed by atoms with Crippen molar-refractivity contribution in [3.8, 4) is 0 Å². The van der Waals surface area contributed by atoms with Crippen molar-refractivity contribution < 1.29 is 9.18 Å². The van der Waals surface area contributed by atoms with Gasteiger partial charge in [-0.1, -0.05) is 6.07 Å². The second-order valence-corrected chi connectivity index (χ2v) is 4.78. The number of amides is 1. The molecule has 1 fully saturated rings. The van der Waals surface area contributed by atoms with Crippen molar-refractivity contribution >= 4 is 11.6 Å². The Morgan fingerprint density at radius 1 is 1.33 bits per heavy atom. The molecule has 1 aromatic carbocycles. The van der Waals surface area contributed by atoms with Gasteiger partial charge in [0, 0.05) is 13.1 Å². The lowest BCUT2D eigenvalue weighted by Gasteiger charge is -2.26. The number of carbonyl (C=O) groups excluding carboxylic acids is 1. The van der Waals surface area contributed by atoms with Crippen LogP contribution in [0, 0.1) is 12.7 Å². The van der Waals surface area contributed by atoms with E-state index in [0.717, 1.165) is 31.5 Å². The highest BCUT2D eigenvalue weighted by molar-refractivity contribution is 5.81. The molecule has 3 nitrogen and oxygen atoms in total. The topological polar surface area (TPSA) is 32.3 Å². The van der Waals surface area contributed by atoms with Crippen LogP contribution in [0.4, 0.5) is 10.1 Å². The van der Waals surface area contributed by atoms with E-state index in [-0.39, 0.29) is 18.3 Å². The van der Waals surface area contributed by atoms with Crippen LogP contribution in [-0.2, 0) is 4.79 Å². The summed E-state index contributed by atoms with van der Waals surface area (Å²) in [7, 11) is 0. The largest absolute Gasteiger partial charge is 0.374 e. The average Bonchev–Trinajstić information content (AvgIpc) is 2.38. The zero-order chi connectivity index (χ0) is 13.0. The lowest BCUT2D eigenvalue weighted by Crippen LogP contribution is -2.39. The zero-order valence-electron chi connectivity index (χ0n) is 10.7. The number of nitrogens with one attached hydrogen (secondary N) is 1. The van der Waals surface area contributed by atoms with Gasteiger partial charge in [0.25, 0.3) is 0 Å². The monoisotopic (exact) mass is 250 g/mol. The Balaban J connectivity index is 1.88. The van der Waals surface area contributed by atoms with Crippen LogP contribution in [0.25, 0.3) is 0 Å². The molecule has 0 saturated carbocycles. The molecule has 1 aromatic rings. The van der Waals surface area contributed by atoms with E-state index in [9.17, 15) is 9.18 Å². The standard InChI is InChI=1S/C14H19FN2O/c1-11-5-6-13(12(15)9-11)16-10-14(18)17-7-3-2-4-8-17/h5-6,9,16H,2-4,7-8,10H2,1H3. The number of piperidine rings is 1. The second kappa shape index (κ2) is 5.85. The normalized spacial score (nSPS) is 15.6. The molecule has 1 aliphatic heterocycles. The van der Waals surface area contributed by atoms with Gasteiger partial charge >= 0.3 is 0 Å². The molecule has 98 valence electrons. The fourth-order valence-electron chi connectivity index (χ4n) is 2.19. The van der Waals surface area contributed by atoms with Gasteiger partial charge in [-0.2, -0.15) is 0 Å². The van der Waals surface area contributed by atoms with Crippen LogP contribution in [0.5, 0.6) is 0 Å². The summed E-state index contributed by atoms with van der Waals surface area (Å²) in [6.07, 6.45) is 3.35. The Bertz CT molecular complexity index is 428. The van der Waals surface area contributed by atoms with Gasteiger partial charge < -0.3 is 10.2 Å². The van der Waals surface area contributed by atoms with Gasteiger partial charge in [0.1, 0.15) is 5.82 Å². The summed E-state index contributed by atoms with van der Waals surface area (Å²) >= 11 is 0. The van der Waals surface area contributed by atoms with Crippen LogP contribution in [0.15, 0.2) is 18.2 Å². The molecule has 0 unspecified atom stereocenters. The molecule has 1 N–H and O–H groups in total. The molecule has 18 heavy (non-hydrogen) atoms. The fourth-order valence-corrected chi connectivity index (χ4v) is 2.19. The minimum atomic E-state index is -0.304. The highest BCUT2D eigenvalue weighted by atomic mass is 19.1. The number of benzene rings is 1. The van der Waals surface area contributed by atoms with Gasteiger partial charge in [-0.05, 0) is 43.9 Å². The molecule has 2 rings (SSSR count). The predicted molar refractivity (Wildman–Crippen MR) is 70.1 cm³/mol. The molecular formula is C14H19FN2O. The highest BCUT2D eigenvalue weighted by Gasteiger charge is 2.16. The van der Waals surface area contributed by atoms with Crippen LogP contribution >= 0.6 is 0 Å². The maximum atomic E-state index is 13.6. The molecule has 1 amide bonds. The van der Waals surface area contributed by atoms with Crippen molar-refractivity contribution in [1.29, 1.82) is 0 Å². The summed E-state index contributed by atoms with van der Waals surface area (Å²) in [6.45, 7) is 3.67. The summed E-state index contributed by atoms with van der Waals surface area (Å²) in [4.78, 5) is 13.7. The summed E-state index contributed by atoms with van der Waals surface area (Å²) in [6, 6.07) is 4.97. The highest BCUT2D eigenvalue weighted by Crippen LogP contribution is 2.15. The molecule has 1 aliphatic rings. The van der Waals surface area contributed by atoms with E-state index in [1.807, 2.05) is 17.9 Å². The van der Waals surface area contributed by atoms with E-state index in [1.165, 1.54) is 12.5 Å². The predicted octanol–water partition coefficient (Wildman–Crippen LogP) is 2.56. The number of hydrogen-bond donors (Lipinski definition) is 1. The Morgan fingerprint density at radius 2 is 2.06 bits per heavy atom. The van der Waals surface area contributed by atoms with E-state index in [0.29, 0.717) is 5.69 Å². The maximum absolute atomic E-state index is 13.6. The van der Waals surface area contributed by atoms with Crippen molar-refractivity contribution in [1.82, 2.24) is 4.90 Å². The van der Waals surface area contributed by atoms with Crippen LogP contribution in [-0.4, -0.2) is 30.4 Å². The number of hydrogen-bond acceptors (Lipinski definition) is 2. The Labute approximate surface area is 107 Å². The number of anilines is 1. The van der Waals surface area contributed by atoms with Gasteiger partial charge in [0.05, 0.1) is 12.2 Å². The summed E-state index contributed by atoms with van der Waals surface area (Å²) in [5, 5.41) is 2.87. The van der Waals surface area contributed by atoms with E-state index >= 15 is 0 Å². The lowest BCUT2D eigenvalue weighted by atomic mass is 10.1. The van der Waals surface area contributed by atoms with E-state index in [1.54, 1.807) is 6.07 Å². The van der Waals surface area contributed by atoms with Gasteiger partial charge in [-0.15, -0.1) is 0 Å². The van der Waals surface area contributed by atoms with Crippen LogP contribution < -0.4 is 5.32 Å². The first-order valence-corrected chi connectivity index (χ1v) is 6.44. The summed E-state index contributed by atoms with van der Waals surface area (Å²) in [5.74, 6) is -0.254. The number of rotatable bonds is 3. The molecule has 0 bridgehead atoms. The smallest absolute Gasteiger partial charge is 0.241 e. The minimum absolute atomic E-state index is 0.0506. The number of carbonyl (C=O) groups is 1. The first-order valence-electron chi connectivity index (χ1n) is 6.44. The van der Waals surface area contributed by atoms with Gasteiger partial charge in [0.15, 0.2) is 0 Å². The molecule has 0 radical (unpaired) electrons. The number of nitrogens with zero attached hydrogens (tertiary/aromatic N) is 1. The SMILES string of the molecule is Cc1ccc(NCC(=O)N2CCCCC2)c(F)c1. The van der Waals surface area contributed by atoms with Gasteiger partial charge in [-0.25, -0.2) is 4.39 Å². The molecule has 1 saturated heterocycles. The van der Waals surface area contributed by atoms with Gasteiger partial charge in [-0.3, -0.25) is 4.79 Å². The number of likely N-dealkylation sites (tertiary alicyclic amines) is 1. The van der Waals surface area contributed by atoms with Crippen molar-refractivity contribution in [2.45, 2.75) is 26.2 Å². The quantitative estimate of drug-likeness (QED) is 0.894. The first-order chi connectivity index (χ1) is 8.66. The average molecular weight is 250 g/mol. The zero-order valence-corrected chi connectivity index (χ0v) is 10.7. The van der Waals surface area contributed by atoms with Crippen molar-refractivity contribution in [2.75, 3.05) is 25.0 Å². The molecule has 4 heteroatoms. The lowest BCUT2D eigenvalue weighted by molar-refractivity contribution is -0.130. The third-order valence-corrected chi connectivity index (χ3v) is 3.26. The van der Waals surface area contributed by atoms with E-state index in [2.05, 4.69) is 5.32 Å². The molecule has 0 aromatic heterocycles.